The first-order chi connectivity index (χ1) is 11.5. The molecule has 2 rings (SSSR count). The average Bonchev–Trinajstić information content (AvgIpc) is 3.03. The number of ether oxygens (including phenoxy) is 1. The van der Waals surface area contributed by atoms with Gasteiger partial charge in [-0.25, -0.2) is 4.98 Å². The van der Waals surface area contributed by atoms with Gasteiger partial charge in [-0.3, -0.25) is 9.69 Å². The van der Waals surface area contributed by atoms with Crippen LogP contribution in [0.2, 0.25) is 0 Å². The summed E-state index contributed by atoms with van der Waals surface area (Å²) >= 11 is 1.70. The Morgan fingerprint density at radius 3 is 2.79 bits per heavy atom. The first-order valence-electron chi connectivity index (χ1n) is 8.21. The Kier molecular flexibility index (Phi) is 6.75. The molecule has 130 valence electrons. The van der Waals surface area contributed by atoms with Crippen LogP contribution in [0, 0.1) is 0 Å². The maximum Gasteiger partial charge on any atom is 0.241 e. The minimum Gasteiger partial charge on any atom is -0.492 e. The second kappa shape index (κ2) is 8.80. The normalized spacial score (nSPS) is 12.2. The van der Waals surface area contributed by atoms with Gasteiger partial charge in [-0.1, -0.05) is 19.1 Å². The fourth-order valence-corrected chi connectivity index (χ4v) is 3.18. The second-order valence-electron chi connectivity index (χ2n) is 5.58. The van der Waals surface area contributed by atoms with E-state index in [-0.39, 0.29) is 11.9 Å². The summed E-state index contributed by atoms with van der Waals surface area (Å²) in [5, 5.41) is 4.09. The number of nitrogens with zero attached hydrogens (tertiary/aromatic N) is 2. The summed E-state index contributed by atoms with van der Waals surface area (Å²) < 4.78 is 5.55. The maximum atomic E-state index is 12.5. The Hall–Kier alpha value is -1.92. The van der Waals surface area contributed by atoms with Crippen LogP contribution in [0.5, 0.6) is 5.75 Å². The highest BCUT2D eigenvalue weighted by Crippen LogP contribution is 2.24. The maximum absolute atomic E-state index is 12.5. The van der Waals surface area contributed by atoms with Crippen LogP contribution in [0.1, 0.15) is 30.7 Å². The molecule has 0 fully saturated rings. The van der Waals surface area contributed by atoms with Crippen LogP contribution in [0.25, 0.3) is 0 Å². The lowest BCUT2D eigenvalue weighted by Gasteiger charge is -2.23. The first kappa shape index (κ1) is 18.4. The number of amides is 1. The van der Waals surface area contributed by atoms with Crippen molar-refractivity contribution in [1.29, 1.82) is 0 Å². The van der Waals surface area contributed by atoms with Crippen LogP contribution in [0.3, 0.4) is 0 Å². The molecule has 0 aliphatic carbocycles. The molecule has 5 nitrogen and oxygen atoms in total. The fourth-order valence-electron chi connectivity index (χ4n) is 2.26. The van der Waals surface area contributed by atoms with E-state index in [9.17, 15) is 4.79 Å². The van der Waals surface area contributed by atoms with E-state index in [4.69, 9.17) is 4.74 Å². The predicted octanol–water partition coefficient (Wildman–Crippen LogP) is 3.56. The minimum atomic E-state index is -0.258. The molecule has 0 aliphatic rings. The number of carbonyl (C=O) groups excluding carboxylic acids is 1. The number of nitrogens with one attached hydrogen (secondary N) is 1. The highest BCUT2D eigenvalue weighted by atomic mass is 32.1. The molecule has 24 heavy (non-hydrogen) atoms. The van der Waals surface area contributed by atoms with Gasteiger partial charge in [0.2, 0.25) is 5.91 Å². The van der Waals surface area contributed by atoms with Gasteiger partial charge in [0.15, 0.2) is 0 Å². The van der Waals surface area contributed by atoms with Gasteiger partial charge in [0.05, 0.1) is 23.3 Å². The number of hydrogen-bond acceptors (Lipinski definition) is 5. The lowest BCUT2D eigenvalue weighted by atomic mass is 10.2. The molecule has 0 spiro atoms. The predicted molar refractivity (Wildman–Crippen MR) is 98.7 cm³/mol. The third-order valence-corrected chi connectivity index (χ3v) is 4.92. The quantitative estimate of drug-likeness (QED) is 0.793. The number of aryl methyl sites for hydroxylation is 1. The number of carbonyl (C=O) groups is 1. The number of anilines is 1. The highest BCUT2D eigenvalue weighted by molar-refractivity contribution is 7.11. The van der Waals surface area contributed by atoms with Crippen molar-refractivity contribution in [2.45, 2.75) is 39.8 Å². The van der Waals surface area contributed by atoms with E-state index >= 15 is 0 Å². The van der Waals surface area contributed by atoms with Crippen molar-refractivity contribution in [1.82, 2.24) is 9.88 Å². The molecule has 0 aliphatic heterocycles. The van der Waals surface area contributed by atoms with E-state index in [2.05, 4.69) is 17.2 Å². The Morgan fingerprint density at radius 2 is 2.12 bits per heavy atom. The van der Waals surface area contributed by atoms with Gasteiger partial charge >= 0.3 is 0 Å². The van der Waals surface area contributed by atoms with Gasteiger partial charge in [0, 0.05) is 17.6 Å². The van der Waals surface area contributed by atoms with Crippen molar-refractivity contribution in [2.24, 2.45) is 0 Å². The van der Waals surface area contributed by atoms with Crippen LogP contribution in [0.15, 0.2) is 30.5 Å². The number of thiazole rings is 1. The Labute approximate surface area is 147 Å². The number of hydrogen-bond donors (Lipinski definition) is 1. The molecule has 1 unspecified atom stereocenters. The van der Waals surface area contributed by atoms with Crippen molar-refractivity contribution in [2.75, 3.05) is 19.0 Å². The van der Waals surface area contributed by atoms with Gasteiger partial charge < -0.3 is 10.1 Å². The van der Waals surface area contributed by atoms with Gasteiger partial charge in [-0.05, 0) is 39.4 Å². The van der Waals surface area contributed by atoms with Gasteiger partial charge in [-0.2, -0.15) is 0 Å². The van der Waals surface area contributed by atoms with Crippen LogP contribution in [-0.4, -0.2) is 35.5 Å². The molecule has 6 heteroatoms. The van der Waals surface area contributed by atoms with Gasteiger partial charge in [0.25, 0.3) is 0 Å². The summed E-state index contributed by atoms with van der Waals surface area (Å²) in [7, 11) is 1.95. The van der Waals surface area contributed by atoms with E-state index in [0.29, 0.717) is 24.6 Å². The Balaban J connectivity index is 1.98. The first-order valence-corrected chi connectivity index (χ1v) is 9.03. The number of likely N-dealkylation sites (N-methyl/N-ethyl adjacent to an activating group) is 1. The van der Waals surface area contributed by atoms with Gasteiger partial charge in [0.1, 0.15) is 5.75 Å². The molecule has 0 saturated carbocycles. The number of rotatable bonds is 8. The summed E-state index contributed by atoms with van der Waals surface area (Å²) in [6.45, 7) is 7.19. The summed E-state index contributed by atoms with van der Waals surface area (Å²) in [5.41, 5.74) is 0.704. The zero-order valence-corrected chi connectivity index (χ0v) is 15.5. The van der Waals surface area contributed by atoms with Gasteiger partial charge in [-0.15, -0.1) is 11.3 Å². The lowest BCUT2D eigenvalue weighted by molar-refractivity contribution is -0.120. The zero-order chi connectivity index (χ0) is 17.5. The molecule has 1 aromatic heterocycles. The van der Waals surface area contributed by atoms with E-state index in [0.717, 1.165) is 11.4 Å². The van der Waals surface area contributed by atoms with Crippen molar-refractivity contribution < 1.29 is 9.53 Å². The standard InChI is InChI=1S/C18H25N3O2S/c1-5-17-19-11-14(24-17)12-21(4)13(3)18(22)20-15-9-7-8-10-16(15)23-6-2/h7-11,13H,5-6,12H2,1-4H3,(H,20,22). The molecule has 0 saturated heterocycles. The molecule has 0 bridgehead atoms. The van der Waals surface area contributed by atoms with Crippen LogP contribution in [0.4, 0.5) is 5.69 Å². The third kappa shape index (κ3) is 4.79. The molecule has 1 heterocycles. The second-order valence-corrected chi connectivity index (χ2v) is 6.78. The van der Waals surface area contributed by atoms with E-state index in [1.54, 1.807) is 11.3 Å². The Bertz CT molecular complexity index is 672. The SMILES string of the molecule is CCOc1ccccc1NC(=O)C(C)N(C)Cc1cnc(CC)s1. The topological polar surface area (TPSA) is 54.5 Å². The molecule has 2 aromatic rings. The lowest BCUT2D eigenvalue weighted by Crippen LogP contribution is -2.39. The fraction of sp³-hybridized carbons (Fsp3) is 0.444. The zero-order valence-electron chi connectivity index (χ0n) is 14.7. The highest BCUT2D eigenvalue weighted by Gasteiger charge is 2.20. The summed E-state index contributed by atoms with van der Waals surface area (Å²) in [4.78, 5) is 20.1. The van der Waals surface area contributed by atoms with Crippen molar-refractivity contribution >= 4 is 22.9 Å². The third-order valence-electron chi connectivity index (χ3n) is 3.79. The van der Waals surface area contributed by atoms with Crippen LogP contribution >= 0.6 is 11.3 Å². The average molecular weight is 347 g/mol. The summed E-state index contributed by atoms with van der Waals surface area (Å²) in [6, 6.07) is 7.23. The molecule has 1 amide bonds. The number of aromatic nitrogens is 1. The molecule has 1 atom stereocenters. The smallest absolute Gasteiger partial charge is 0.241 e. The molecular formula is C18H25N3O2S. The van der Waals surface area contributed by atoms with Crippen molar-refractivity contribution in [3.63, 3.8) is 0 Å². The summed E-state index contributed by atoms with van der Waals surface area (Å²) in [6.07, 6.45) is 2.84. The Morgan fingerprint density at radius 1 is 1.38 bits per heavy atom. The molecular weight excluding hydrogens is 322 g/mol. The number of benzene rings is 1. The van der Waals surface area contributed by atoms with E-state index in [1.165, 1.54) is 4.88 Å². The van der Waals surface area contributed by atoms with Crippen LogP contribution in [-0.2, 0) is 17.8 Å². The minimum absolute atomic E-state index is 0.0510. The molecule has 1 aromatic carbocycles. The van der Waals surface area contributed by atoms with Crippen LogP contribution < -0.4 is 10.1 Å². The monoisotopic (exact) mass is 347 g/mol. The van der Waals surface area contributed by atoms with Crippen molar-refractivity contribution in [3.8, 4) is 5.75 Å². The van der Waals surface area contributed by atoms with Crippen molar-refractivity contribution in [3.05, 3.63) is 40.3 Å². The summed E-state index contributed by atoms with van der Waals surface area (Å²) in [5.74, 6) is 0.642. The largest absolute Gasteiger partial charge is 0.492 e. The van der Waals surface area contributed by atoms with E-state index in [1.807, 2.05) is 56.3 Å². The number of para-hydroxylation sites is 2. The molecule has 0 radical (unpaired) electrons. The molecule has 1 N–H and O–H groups in total. The van der Waals surface area contributed by atoms with E-state index < -0.39 is 0 Å².